The molecule has 0 atom stereocenters. The van der Waals surface area contributed by atoms with Crippen LogP contribution in [0, 0.1) is 6.92 Å². The molecule has 0 aromatic carbocycles. The highest BCUT2D eigenvalue weighted by Gasteiger charge is 2.10. The number of nitrogens with one attached hydrogen (secondary N) is 2. The lowest BCUT2D eigenvalue weighted by atomic mass is 10.3. The van der Waals surface area contributed by atoms with Crippen LogP contribution < -0.4 is 16.6 Å². The second-order valence-corrected chi connectivity index (χ2v) is 3.55. The number of aryl methyl sites for hydroxylation is 1. The first-order valence-corrected chi connectivity index (χ1v) is 5.22. The van der Waals surface area contributed by atoms with Gasteiger partial charge in [0.05, 0.1) is 12.4 Å². The Labute approximate surface area is 103 Å². The van der Waals surface area contributed by atoms with Gasteiger partial charge in [0, 0.05) is 6.20 Å². The third kappa shape index (κ3) is 2.58. The van der Waals surface area contributed by atoms with Crippen LogP contribution in [0.25, 0.3) is 0 Å². The maximum absolute atomic E-state index is 11.9. The van der Waals surface area contributed by atoms with Crippen LogP contribution in [-0.2, 0) is 0 Å². The zero-order valence-corrected chi connectivity index (χ0v) is 9.71. The van der Waals surface area contributed by atoms with Gasteiger partial charge in [-0.25, -0.2) is 20.8 Å². The Balaban J connectivity index is 2.14. The van der Waals surface area contributed by atoms with Crippen molar-refractivity contribution in [1.29, 1.82) is 0 Å². The Morgan fingerprint density at radius 1 is 1.28 bits per heavy atom. The van der Waals surface area contributed by atoms with Crippen LogP contribution in [0.2, 0.25) is 0 Å². The van der Waals surface area contributed by atoms with E-state index in [0.717, 1.165) is 5.56 Å². The minimum atomic E-state index is -0.368. The predicted molar refractivity (Wildman–Crippen MR) is 66.8 cm³/mol. The number of hydrogen-bond donors (Lipinski definition) is 3. The average molecular weight is 244 g/mol. The topological polar surface area (TPSA) is 106 Å². The summed E-state index contributed by atoms with van der Waals surface area (Å²) in [5.41, 5.74) is 3.40. The molecule has 2 heterocycles. The molecule has 2 aromatic rings. The molecule has 0 aliphatic heterocycles. The highest BCUT2D eigenvalue weighted by Crippen LogP contribution is 2.10. The number of anilines is 2. The molecule has 0 radical (unpaired) electrons. The quantitative estimate of drug-likeness (QED) is 0.542. The molecule has 0 bridgehead atoms. The molecule has 0 saturated carbocycles. The molecule has 2 aromatic heterocycles. The minimum absolute atomic E-state index is 0.194. The largest absolute Gasteiger partial charge is 0.307 e. The first-order chi connectivity index (χ1) is 8.70. The number of amides is 1. The van der Waals surface area contributed by atoms with Gasteiger partial charge in [0.1, 0.15) is 11.5 Å². The Morgan fingerprint density at radius 2 is 2.11 bits per heavy atom. The van der Waals surface area contributed by atoms with E-state index in [4.69, 9.17) is 5.84 Å². The Bertz CT molecular complexity index is 554. The minimum Gasteiger partial charge on any atom is -0.307 e. The second-order valence-electron chi connectivity index (χ2n) is 3.55. The van der Waals surface area contributed by atoms with Crippen LogP contribution >= 0.6 is 0 Å². The van der Waals surface area contributed by atoms with Crippen LogP contribution in [0.4, 0.5) is 11.6 Å². The Kier molecular flexibility index (Phi) is 3.44. The molecule has 0 aliphatic rings. The molecule has 7 nitrogen and oxygen atoms in total. The van der Waals surface area contributed by atoms with E-state index in [1.165, 1.54) is 12.4 Å². The van der Waals surface area contributed by atoms with Crippen LogP contribution in [0.1, 0.15) is 16.1 Å². The summed E-state index contributed by atoms with van der Waals surface area (Å²) in [5, 5.41) is 2.66. The van der Waals surface area contributed by atoms with Crippen LogP contribution in [0.5, 0.6) is 0 Å². The first kappa shape index (κ1) is 11.9. The molecule has 0 aliphatic carbocycles. The van der Waals surface area contributed by atoms with Crippen molar-refractivity contribution in [2.75, 3.05) is 10.7 Å². The van der Waals surface area contributed by atoms with Crippen molar-refractivity contribution in [3.8, 4) is 0 Å². The van der Waals surface area contributed by atoms with E-state index in [2.05, 4.69) is 25.7 Å². The van der Waals surface area contributed by atoms with Gasteiger partial charge in [0.25, 0.3) is 5.91 Å². The smallest absolute Gasteiger partial charge is 0.277 e. The van der Waals surface area contributed by atoms with Crippen molar-refractivity contribution in [1.82, 2.24) is 15.0 Å². The maximum Gasteiger partial charge on any atom is 0.277 e. The fourth-order valence-electron chi connectivity index (χ4n) is 1.31. The summed E-state index contributed by atoms with van der Waals surface area (Å²) >= 11 is 0. The predicted octanol–water partition coefficient (Wildman–Crippen LogP) is 0.718. The average Bonchev–Trinajstić information content (AvgIpc) is 2.41. The van der Waals surface area contributed by atoms with Gasteiger partial charge in [0.15, 0.2) is 5.82 Å². The van der Waals surface area contributed by atoms with Gasteiger partial charge in [-0.3, -0.25) is 4.79 Å². The van der Waals surface area contributed by atoms with E-state index in [-0.39, 0.29) is 11.6 Å². The van der Waals surface area contributed by atoms with Crippen LogP contribution in [0.3, 0.4) is 0 Å². The highest BCUT2D eigenvalue weighted by molar-refractivity contribution is 6.02. The highest BCUT2D eigenvalue weighted by atomic mass is 16.1. The number of hydrazine groups is 1. The third-order valence-corrected chi connectivity index (χ3v) is 2.27. The zero-order valence-electron chi connectivity index (χ0n) is 9.71. The molecule has 7 heteroatoms. The van der Waals surface area contributed by atoms with E-state index < -0.39 is 0 Å². The molecule has 4 N–H and O–H groups in total. The lowest BCUT2D eigenvalue weighted by molar-refractivity contribution is 0.102. The number of pyridine rings is 1. The van der Waals surface area contributed by atoms with Gasteiger partial charge in [-0.15, -0.1) is 0 Å². The first-order valence-electron chi connectivity index (χ1n) is 5.22. The monoisotopic (exact) mass is 244 g/mol. The molecule has 1 amide bonds. The van der Waals surface area contributed by atoms with E-state index >= 15 is 0 Å². The van der Waals surface area contributed by atoms with Gasteiger partial charge in [-0.1, -0.05) is 6.07 Å². The molecule has 18 heavy (non-hydrogen) atoms. The van der Waals surface area contributed by atoms with Crippen LogP contribution in [0.15, 0.2) is 30.7 Å². The van der Waals surface area contributed by atoms with Crippen molar-refractivity contribution in [3.05, 3.63) is 42.0 Å². The summed E-state index contributed by atoms with van der Waals surface area (Å²) in [6.07, 6.45) is 4.32. The summed E-state index contributed by atoms with van der Waals surface area (Å²) in [4.78, 5) is 23.8. The number of nitrogens with zero attached hydrogens (tertiary/aromatic N) is 3. The van der Waals surface area contributed by atoms with Crippen molar-refractivity contribution >= 4 is 17.5 Å². The summed E-state index contributed by atoms with van der Waals surface area (Å²) in [5.74, 6) is 5.68. The number of rotatable bonds is 3. The summed E-state index contributed by atoms with van der Waals surface area (Å²) in [6.45, 7) is 1.86. The number of nitrogens with two attached hydrogens (primary N) is 1. The van der Waals surface area contributed by atoms with Crippen molar-refractivity contribution in [2.45, 2.75) is 6.92 Å². The van der Waals surface area contributed by atoms with Crippen LogP contribution in [-0.4, -0.2) is 20.9 Å². The summed E-state index contributed by atoms with van der Waals surface area (Å²) < 4.78 is 0. The standard InChI is InChI=1S/C11H12N6O/c1-7-3-2-4-13-10(7)16-11(18)8-5-15-9(17-12)6-14-8/h2-6H,12H2,1H3,(H,15,17)(H,13,16,18). The van der Waals surface area contributed by atoms with E-state index in [1.54, 1.807) is 12.3 Å². The molecule has 2 rings (SSSR count). The zero-order chi connectivity index (χ0) is 13.0. The number of carbonyl (C=O) groups excluding carboxylic acids is 1. The van der Waals surface area contributed by atoms with Gasteiger partial charge in [0.2, 0.25) is 0 Å². The number of nitrogen functional groups attached to an aromatic ring is 1. The third-order valence-electron chi connectivity index (χ3n) is 2.27. The normalized spacial score (nSPS) is 9.89. The van der Waals surface area contributed by atoms with Crippen molar-refractivity contribution in [3.63, 3.8) is 0 Å². The second kappa shape index (κ2) is 5.19. The lowest BCUT2D eigenvalue weighted by Crippen LogP contribution is -2.16. The maximum atomic E-state index is 11.9. The number of hydrogen-bond acceptors (Lipinski definition) is 6. The molecule has 0 spiro atoms. The Hall–Kier alpha value is -2.54. The molecular formula is C11H12N6O. The van der Waals surface area contributed by atoms with E-state index in [9.17, 15) is 4.79 Å². The van der Waals surface area contributed by atoms with Gasteiger partial charge < -0.3 is 10.7 Å². The van der Waals surface area contributed by atoms with Gasteiger partial charge in [-0.05, 0) is 18.6 Å². The van der Waals surface area contributed by atoms with Crippen molar-refractivity contribution in [2.24, 2.45) is 5.84 Å². The van der Waals surface area contributed by atoms with Gasteiger partial charge >= 0.3 is 0 Å². The lowest BCUT2D eigenvalue weighted by Gasteiger charge is -2.06. The molecule has 0 fully saturated rings. The van der Waals surface area contributed by atoms with Crippen molar-refractivity contribution < 1.29 is 4.79 Å². The Morgan fingerprint density at radius 3 is 2.72 bits per heavy atom. The van der Waals surface area contributed by atoms with Gasteiger partial charge in [-0.2, -0.15) is 0 Å². The molecule has 92 valence electrons. The fourth-order valence-corrected chi connectivity index (χ4v) is 1.31. The number of carbonyl (C=O) groups is 1. The van der Waals surface area contributed by atoms with E-state index in [0.29, 0.717) is 11.6 Å². The number of aromatic nitrogens is 3. The molecular weight excluding hydrogens is 232 g/mol. The summed E-state index contributed by atoms with van der Waals surface area (Å²) in [7, 11) is 0. The van der Waals surface area contributed by atoms with E-state index in [1.807, 2.05) is 13.0 Å². The molecule has 0 saturated heterocycles. The SMILES string of the molecule is Cc1cccnc1NC(=O)c1cnc(NN)cn1. The molecule has 0 unspecified atom stereocenters. The fraction of sp³-hybridized carbons (Fsp3) is 0.0909. The summed E-state index contributed by atoms with van der Waals surface area (Å²) in [6, 6.07) is 3.65.